The lowest BCUT2D eigenvalue weighted by Gasteiger charge is -2.33. The lowest BCUT2D eigenvalue weighted by atomic mass is 10.1. The molecular weight excluding hydrogens is 510 g/mol. The largest absolute Gasteiger partial charge is 0.436 e. The van der Waals surface area contributed by atoms with Gasteiger partial charge >= 0.3 is 12.4 Å². The summed E-state index contributed by atoms with van der Waals surface area (Å²) < 4.78 is 87.4. The van der Waals surface area contributed by atoms with Gasteiger partial charge < -0.3 is 14.5 Å². The third-order valence-corrected chi connectivity index (χ3v) is 5.09. The highest BCUT2D eigenvalue weighted by atomic mass is 79.9. The highest BCUT2D eigenvalue weighted by Crippen LogP contribution is 2.45. The van der Waals surface area contributed by atoms with Crippen molar-refractivity contribution in [1.82, 2.24) is 4.98 Å². The summed E-state index contributed by atoms with van der Waals surface area (Å²) in [6.07, 6.45) is -11.5. The van der Waals surface area contributed by atoms with E-state index in [0.29, 0.717) is 22.6 Å². The molecule has 1 amide bonds. The number of ether oxygens (including phenoxy) is 1. The minimum atomic E-state index is -5.75. The number of nitrogens with one attached hydrogen (secondary N) is 1. The third kappa shape index (κ3) is 4.75. The van der Waals surface area contributed by atoms with Crippen LogP contribution in [0.3, 0.4) is 0 Å². The number of hydrogen-bond acceptors (Lipinski definition) is 4. The van der Waals surface area contributed by atoms with Crippen molar-refractivity contribution in [3.8, 4) is 11.5 Å². The first-order chi connectivity index (χ1) is 14.7. The van der Waals surface area contributed by atoms with E-state index in [-0.39, 0.29) is 12.6 Å². The summed E-state index contributed by atoms with van der Waals surface area (Å²) in [5.74, 6) is -0.881. The van der Waals surface area contributed by atoms with Gasteiger partial charge in [0.05, 0.1) is 0 Å². The van der Waals surface area contributed by atoms with Crippen LogP contribution in [0.1, 0.15) is 12.5 Å². The van der Waals surface area contributed by atoms with E-state index in [1.807, 2.05) is 13.0 Å². The molecule has 2 aromatic carbocycles. The number of oxazole rings is 1. The number of hydrogen-bond donors (Lipinski definition) is 1. The molecule has 0 atom stereocenters. The Balaban J connectivity index is 1.69. The van der Waals surface area contributed by atoms with Gasteiger partial charge in [-0.25, -0.2) is 4.98 Å². The zero-order chi connectivity index (χ0) is 23.9. The SMILES string of the molecule is Cc1cc(Br)cc2nc(-c3ccc(NC(=O)COC(C)(C(F)(F)F)C(F)(F)F)cc3)oc12. The van der Waals surface area contributed by atoms with Crippen molar-refractivity contribution >= 4 is 38.6 Å². The second-order valence-corrected chi connectivity index (χ2v) is 7.95. The quantitative estimate of drug-likeness (QED) is 0.392. The monoisotopic (exact) mass is 524 g/mol. The van der Waals surface area contributed by atoms with E-state index in [1.54, 1.807) is 6.07 Å². The van der Waals surface area contributed by atoms with Crippen LogP contribution in [0, 0.1) is 6.92 Å². The smallest absolute Gasteiger partial charge is 0.426 e. The Kier molecular flexibility index (Phi) is 6.31. The van der Waals surface area contributed by atoms with Crippen LogP contribution in [-0.4, -0.2) is 35.5 Å². The highest BCUT2D eigenvalue weighted by Gasteiger charge is 2.69. The summed E-state index contributed by atoms with van der Waals surface area (Å²) in [7, 11) is 0. The van der Waals surface area contributed by atoms with Crippen LogP contribution < -0.4 is 5.32 Å². The van der Waals surface area contributed by atoms with Crippen molar-refractivity contribution in [1.29, 1.82) is 0 Å². The molecule has 0 saturated heterocycles. The number of aromatic nitrogens is 1. The molecule has 1 N–H and O–H groups in total. The maximum absolute atomic E-state index is 12.8. The Hall–Kier alpha value is -2.60. The molecule has 0 aliphatic heterocycles. The number of nitrogens with zero attached hydrogens (tertiary/aromatic N) is 1. The summed E-state index contributed by atoms with van der Waals surface area (Å²) in [5.41, 5.74) is -1.71. The van der Waals surface area contributed by atoms with Crippen molar-refractivity contribution in [3.63, 3.8) is 0 Å². The van der Waals surface area contributed by atoms with Gasteiger partial charge in [0.15, 0.2) is 5.58 Å². The molecule has 0 radical (unpaired) electrons. The molecular formula is C20H15BrF6N2O3. The third-order valence-electron chi connectivity index (χ3n) is 4.63. The second-order valence-electron chi connectivity index (χ2n) is 7.03. The van der Waals surface area contributed by atoms with Gasteiger partial charge in [0.25, 0.3) is 5.60 Å². The summed E-state index contributed by atoms with van der Waals surface area (Å²) >= 11 is 3.37. The Morgan fingerprint density at radius 1 is 1.09 bits per heavy atom. The van der Waals surface area contributed by atoms with Gasteiger partial charge in [-0.3, -0.25) is 4.79 Å². The molecule has 0 saturated carbocycles. The molecule has 3 rings (SSSR count). The van der Waals surface area contributed by atoms with Crippen LogP contribution in [0.4, 0.5) is 32.0 Å². The molecule has 1 aromatic heterocycles. The molecule has 0 aliphatic rings. The molecule has 0 bridgehead atoms. The summed E-state index contributed by atoms with van der Waals surface area (Å²) in [6.45, 7) is 0.234. The first kappa shape index (κ1) is 24.1. The number of carbonyl (C=O) groups is 1. The van der Waals surface area contributed by atoms with Crippen LogP contribution in [0.2, 0.25) is 0 Å². The van der Waals surface area contributed by atoms with Crippen molar-refractivity contribution in [2.24, 2.45) is 0 Å². The molecule has 32 heavy (non-hydrogen) atoms. The van der Waals surface area contributed by atoms with Crippen LogP contribution in [-0.2, 0) is 9.53 Å². The first-order valence-corrected chi connectivity index (χ1v) is 9.75. The Morgan fingerprint density at radius 3 is 2.25 bits per heavy atom. The molecule has 172 valence electrons. The number of carbonyl (C=O) groups excluding carboxylic acids is 1. The van der Waals surface area contributed by atoms with E-state index in [1.165, 1.54) is 24.3 Å². The molecule has 0 aliphatic carbocycles. The normalized spacial score (nSPS) is 12.9. The molecule has 0 spiro atoms. The molecule has 1 heterocycles. The van der Waals surface area contributed by atoms with Crippen LogP contribution in [0.5, 0.6) is 0 Å². The maximum Gasteiger partial charge on any atom is 0.426 e. The van der Waals surface area contributed by atoms with E-state index in [4.69, 9.17) is 4.42 Å². The minimum Gasteiger partial charge on any atom is -0.436 e. The maximum atomic E-state index is 12.8. The van der Waals surface area contributed by atoms with Gasteiger partial charge in [-0.15, -0.1) is 0 Å². The van der Waals surface area contributed by atoms with Gasteiger partial charge in [-0.2, -0.15) is 26.3 Å². The lowest BCUT2D eigenvalue weighted by molar-refractivity contribution is -0.371. The first-order valence-electron chi connectivity index (χ1n) is 8.95. The van der Waals surface area contributed by atoms with Crippen LogP contribution >= 0.6 is 15.9 Å². The van der Waals surface area contributed by atoms with Gasteiger partial charge in [0, 0.05) is 15.7 Å². The average molecular weight is 525 g/mol. The average Bonchev–Trinajstić information content (AvgIpc) is 3.09. The zero-order valence-electron chi connectivity index (χ0n) is 16.5. The number of fused-ring (bicyclic) bond motifs is 1. The summed E-state index contributed by atoms with van der Waals surface area (Å²) in [5, 5.41) is 2.18. The molecule has 5 nitrogen and oxygen atoms in total. The number of benzene rings is 2. The minimum absolute atomic E-state index is 0.137. The predicted octanol–water partition coefficient (Wildman–Crippen LogP) is 6.40. The number of anilines is 1. The van der Waals surface area contributed by atoms with Crippen molar-refractivity contribution in [3.05, 3.63) is 46.4 Å². The van der Waals surface area contributed by atoms with E-state index >= 15 is 0 Å². The fourth-order valence-electron chi connectivity index (χ4n) is 2.71. The molecule has 0 fully saturated rings. The summed E-state index contributed by atoms with van der Waals surface area (Å²) in [4.78, 5) is 16.2. The molecule has 12 heteroatoms. The van der Waals surface area contributed by atoms with E-state index in [0.717, 1.165) is 10.0 Å². The van der Waals surface area contributed by atoms with Crippen molar-refractivity contribution in [2.75, 3.05) is 11.9 Å². The number of amides is 1. The number of halogens is 7. The van der Waals surface area contributed by atoms with Crippen LogP contribution in [0.25, 0.3) is 22.6 Å². The number of rotatable bonds is 5. The van der Waals surface area contributed by atoms with Crippen molar-refractivity contribution in [2.45, 2.75) is 31.8 Å². The zero-order valence-corrected chi connectivity index (χ0v) is 18.1. The fourth-order valence-corrected chi connectivity index (χ4v) is 3.27. The van der Waals surface area contributed by atoms with Gasteiger partial charge in [-0.05, 0) is 55.8 Å². The Labute approximate surface area is 185 Å². The van der Waals surface area contributed by atoms with E-state index in [2.05, 4.69) is 31.0 Å². The van der Waals surface area contributed by atoms with Crippen molar-refractivity contribution < 1.29 is 40.3 Å². The fraction of sp³-hybridized carbons (Fsp3) is 0.300. The lowest BCUT2D eigenvalue weighted by Crippen LogP contribution is -2.57. The standard InChI is InChI=1S/C20H15BrF6N2O3/c1-10-7-12(21)8-14-16(10)32-17(29-14)11-3-5-13(6-4-11)28-15(30)9-31-18(2,19(22,23)24)20(25,26)27/h3-8H,9H2,1-2H3,(H,28,30). The van der Waals surface area contributed by atoms with E-state index in [9.17, 15) is 31.1 Å². The Morgan fingerprint density at radius 2 is 1.69 bits per heavy atom. The topological polar surface area (TPSA) is 64.4 Å². The second kappa shape index (κ2) is 8.39. The Bertz CT molecular complexity index is 1130. The number of aryl methyl sites for hydroxylation is 1. The van der Waals surface area contributed by atoms with Gasteiger partial charge in [-0.1, -0.05) is 15.9 Å². The number of alkyl halides is 6. The molecule has 3 aromatic rings. The summed E-state index contributed by atoms with van der Waals surface area (Å²) in [6, 6.07) is 9.50. The van der Waals surface area contributed by atoms with E-state index < -0.39 is 30.5 Å². The van der Waals surface area contributed by atoms with Crippen LogP contribution in [0.15, 0.2) is 45.3 Å². The van der Waals surface area contributed by atoms with Gasteiger partial charge in [0.1, 0.15) is 12.1 Å². The van der Waals surface area contributed by atoms with Gasteiger partial charge in [0.2, 0.25) is 11.8 Å². The highest BCUT2D eigenvalue weighted by molar-refractivity contribution is 9.10. The predicted molar refractivity (Wildman–Crippen MR) is 107 cm³/mol. The molecule has 0 unspecified atom stereocenters.